The van der Waals surface area contributed by atoms with Crippen molar-refractivity contribution in [3.8, 4) is 12.0 Å². The topological polar surface area (TPSA) is 91.3 Å². The van der Waals surface area contributed by atoms with Crippen LogP contribution in [0.2, 0.25) is 0 Å². The smallest absolute Gasteiger partial charge is 0.260 e. The highest BCUT2D eigenvalue weighted by molar-refractivity contribution is 6.07. The number of aryl methyl sites for hydroxylation is 1. The predicted molar refractivity (Wildman–Crippen MR) is 103 cm³/mol. The van der Waals surface area contributed by atoms with Gasteiger partial charge in [-0.15, -0.1) is 0 Å². The first-order valence-corrected chi connectivity index (χ1v) is 8.97. The van der Waals surface area contributed by atoms with E-state index in [0.29, 0.717) is 30.3 Å². The van der Waals surface area contributed by atoms with E-state index in [1.165, 1.54) is 0 Å². The average Bonchev–Trinajstić information content (AvgIpc) is 3.41. The van der Waals surface area contributed by atoms with Gasteiger partial charge in [-0.25, -0.2) is 0 Å². The largest absolute Gasteiger partial charge is 0.443 e. The average molecular weight is 374 g/mol. The van der Waals surface area contributed by atoms with Crippen LogP contribution in [-0.2, 0) is 4.79 Å². The van der Waals surface area contributed by atoms with Crippen molar-refractivity contribution in [3.05, 3.63) is 65.7 Å². The molecule has 28 heavy (non-hydrogen) atoms. The Balaban J connectivity index is 1.63. The minimum atomic E-state index is -0.430. The number of anilines is 2. The summed E-state index contributed by atoms with van der Waals surface area (Å²) in [6, 6.07) is 12.8. The Hall–Kier alpha value is -3.79. The number of amides is 2. The number of rotatable bonds is 4. The number of nitrogens with zero attached hydrogens (tertiary/aromatic N) is 3. The molecular formula is C21H18N4O3. The van der Waals surface area contributed by atoms with Crippen LogP contribution in [0.5, 0.6) is 0 Å². The van der Waals surface area contributed by atoms with Gasteiger partial charge in [-0.3, -0.25) is 14.2 Å². The highest BCUT2D eigenvalue weighted by atomic mass is 16.4. The van der Waals surface area contributed by atoms with E-state index < -0.39 is 5.91 Å². The maximum Gasteiger partial charge on any atom is 0.260 e. The molecule has 2 aromatic heterocycles. The van der Waals surface area contributed by atoms with Crippen LogP contribution in [0.25, 0.3) is 5.88 Å². The summed E-state index contributed by atoms with van der Waals surface area (Å²) >= 11 is 0. The Morgan fingerprint density at radius 3 is 2.71 bits per heavy atom. The van der Waals surface area contributed by atoms with E-state index >= 15 is 0 Å². The molecule has 3 aromatic rings. The molecule has 3 heterocycles. The van der Waals surface area contributed by atoms with Gasteiger partial charge in [0.2, 0.25) is 11.8 Å². The van der Waals surface area contributed by atoms with Crippen molar-refractivity contribution in [1.29, 1.82) is 5.26 Å². The van der Waals surface area contributed by atoms with Crippen LogP contribution in [0.3, 0.4) is 0 Å². The Morgan fingerprint density at radius 2 is 2.04 bits per heavy atom. The molecule has 1 fully saturated rings. The molecule has 0 saturated carbocycles. The molecule has 4 rings (SSSR count). The highest BCUT2D eigenvalue weighted by Gasteiger charge is 2.25. The summed E-state index contributed by atoms with van der Waals surface area (Å²) in [5.41, 5.74) is 1.68. The van der Waals surface area contributed by atoms with Crippen LogP contribution in [-0.4, -0.2) is 22.9 Å². The van der Waals surface area contributed by atoms with Crippen molar-refractivity contribution in [3.63, 3.8) is 0 Å². The molecule has 0 spiro atoms. The second-order valence-electron chi connectivity index (χ2n) is 6.57. The number of furan rings is 1. The monoisotopic (exact) mass is 374 g/mol. The Kier molecular flexibility index (Phi) is 4.45. The molecule has 1 aliphatic rings. The van der Waals surface area contributed by atoms with Gasteiger partial charge in [0.25, 0.3) is 5.91 Å². The van der Waals surface area contributed by atoms with Crippen LogP contribution in [0.15, 0.2) is 53.2 Å². The van der Waals surface area contributed by atoms with Crippen LogP contribution in [0.4, 0.5) is 11.4 Å². The Morgan fingerprint density at radius 1 is 1.25 bits per heavy atom. The molecule has 2 amide bonds. The summed E-state index contributed by atoms with van der Waals surface area (Å²) in [5, 5.41) is 12.4. The zero-order valence-electron chi connectivity index (χ0n) is 15.3. The molecule has 1 aromatic carbocycles. The maximum absolute atomic E-state index is 12.9. The Labute approximate surface area is 161 Å². The van der Waals surface area contributed by atoms with Gasteiger partial charge in [0, 0.05) is 36.7 Å². The van der Waals surface area contributed by atoms with E-state index in [1.54, 1.807) is 47.0 Å². The second-order valence-corrected chi connectivity index (χ2v) is 6.57. The molecule has 0 unspecified atom stereocenters. The Bertz CT molecular complexity index is 1090. The lowest BCUT2D eigenvalue weighted by molar-refractivity contribution is -0.117. The number of nitrogens with one attached hydrogen (secondary N) is 1. The van der Waals surface area contributed by atoms with Gasteiger partial charge >= 0.3 is 0 Å². The zero-order chi connectivity index (χ0) is 19.7. The lowest BCUT2D eigenvalue weighted by Crippen LogP contribution is -2.23. The number of nitriles is 1. The van der Waals surface area contributed by atoms with E-state index in [0.717, 1.165) is 12.1 Å². The molecule has 140 valence electrons. The lowest BCUT2D eigenvalue weighted by atomic mass is 10.1. The standard InChI is InChI=1S/C21H18N4O3/c1-14-19(17(13-22)21(28-14)24-9-2-3-10-24)20(27)23-15-6-4-7-16(12-15)25-11-5-8-18(25)26/h2-4,6-7,9-10,12H,5,8,11H2,1H3,(H,23,27). The van der Waals surface area contributed by atoms with Crippen molar-refractivity contribution in [2.75, 3.05) is 16.8 Å². The summed E-state index contributed by atoms with van der Waals surface area (Å²) in [7, 11) is 0. The highest BCUT2D eigenvalue weighted by Crippen LogP contribution is 2.28. The lowest BCUT2D eigenvalue weighted by Gasteiger charge is -2.16. The third-order valence-electron chi connectivity index (χ3n) is 4.73. The van der Waals surface area contributed by atoms with Gasteiger partial charge in [0.1, 0.15) is 23.0 Å². The SMILES string of the molecule is Cc1oc(-n2cccc2)c(C#N)c1C(=O)Nc1cccc(N2CCCC2=O)c1. The number of carbonyl (C=O) groups excluding carboxylic acids is 2. The number of carbonyl (C=O) groups is 2. The third kappa shape index (κ3) is 3.05. The van der Waals surface area contributed by atoms with Gasteiger partial charge < -0.3 is 14.6 Å². The minimum absolute atomic E-state index is 0.0808. The van der Waals surface area contributed by atoms with Gasteiger partial charge in [0.05, 0.1) is 0 Å². The van der Waals surface area contributed by atoms with Crippen molar-refractivity contribution in [1.82, 2.24) is 4.57 Å². The molecule has 1 saturated heterocycles. The normalized spacial score (nSPS) is 13.6. The second kappa shape index (κ2) is 7.08. The summed E-state index contributed by atoms with van der Waals surface area (Å²) in [6.07, 6.45) is 4.87. The van der Waals surface area contributed by atoms with Crippen molar-refractivity contribution < 1.29 is 14.0 Å². The predicted octanol–water partition coefficient (Wildman–Crippen LogP) is 3.63. The summed E-state index contributed by atoms with van der Waals surface area (Å²) in [4.78, 5) is 26.6. The number of benzene rings is 1. The zero-order valence-corrected chi connectivity index (χ0v) is 15.3. The van der Waals surface area contributed by atoms with Crippen LogP contribution < -0.4 is 10.2 Å². The van der Waals surface area contributed by atoms with Gasteiger partial charge in [0.15, 0.2) is 0 Å². The molecule has 1 N–H and O–H groups in total. The van der Waals surface area contributed by atoms with E-state index in [2.05, 4.69) is 11.4 Å². The van der Waals surface area contributed by atoms with Crippen molar-refractivity contribution in [2.45, 2.75) is 19.8 Å². The van der Waals surface area contributed by atoms with Gasteiger partial charge in [-0.2, -0.15) is 5.26 Å². The number of hydrogen-bond donors (Lipinski definition) is 1. The van der Waals surface area contributed by atoms with Gasteiger partial charge in [-0.1, -0.05) is 6.07 Å². The van der Waals surface area contributed by atoms with Gasteiger partial charge in [-0.05, 0) is 43.7 Å². The molecular weight excluding hydrogens is 356 g/mol. The first-order valence-electron chi connectivity index (χ1n) is 8.97. The fourth-order valence-corrected chi connectivity index (χ4v) is 3.43. The number of hydrogen-bond acceptors (Lipinski definition) is 4. The van der Waals surface area contributed by atoms with Crippen molar-refractivity contribution >= 4 is 23.2 Å². The van der Waals surface area contributed by atoms with E-state index in [9.17, 15) is 14.9 Å². The summed E-state index contributed by atoms with van der Waals surface area (Å²) < 4.78 is 7.34. The first-order chi connectivity index (χ1) is 13.6. The van der Waals surface area contributed by atoms with Crippen LogP contribution in [0, 0.1) is 18.3 Å². The van der Waals surface area contributed by atoms with E-state index in [4.69, 9.17) is 4.42 Å². The molecule has 7 nitrogen and oxygen atoms in total. The third-order valence-corrected chi connectivity index (χ3v) is 4.73. The maximum atomic E-state index is 12.9. The molecule has 0 aliphatic carbocycles. The molecule has 0 atom stereocenters. The molecule has 1 aliphatic heterocycles. The fourth-order valence-electron chi connectivity index (χ4n) is 3.43. The van der Waals surface area contributed by atoms with Crippen LogP contribution in [0.1, 0.15) is 34.5 Å². The van der Waals surface area contributed by atoms with E-state index in [1.807, 2.05) is 18.2 Å². The number of aromatic nitrogens is 1. The molecule has 0 bridgehead atoms. The fraction of sp³-hybridized carbons (Fsp3) is 0.190. The quantitative estimate of drug-likeness (QED) is 0.755. The van der Waals surface area contributed by atoms with E-state index in [-0.39, 0.29) is 17.0 Å². The first kappa shape index (κ1) is 17.6. The summed E-state index contributed by atoms with van der Waals surface area (Å²) in [5.74, 6) is 0.327. The minimum Gasteiger partial charge on any atom is -0.443 e. The summed E-state index contributed by atoms with van der Waals surface area (Å²) in [6.45, 7) is 2.33. The van der Waals surface area contributed by atoms with Crippen LogP contribution >= 0.6 is 0 Å². The van der Waals surface area contributed by atoms with Crippen molar-refractivity contribution in [2.24, 2.45) is 0 Å². The molecule has 7 heteroatoms. The molecule has 0 radical (unpaired) electrons.